The Balaban J connectivity index is 1.94. The van der Waals surface area contributed by atoms with E-state index >= 15 is 0 Å². The van der Waals surface area contributed by atoms with E-state index < -0.39 is 0 Å². The highest BCUT2D eigenvalue weighted by Gasteiger charge is 2.18. The molecule has 1 aromatic carbocycles. The van der Waals surface area contributed by atoms with Crippen LogP contribution in [0.15, 0.2) is 36.4 Å². The van der Waals surface area contributed by atoms with Gasteiger partial charge in [-0.05, 0) is 31.0 Å². The molecule has 0 spiro atoms. The molecule has 0 N–H and O–H groups in total. The standard InChI is InChI=1S/C14H15BrN2/c15-12-5-3-9-17(10-12)14-8-7-11-4-1-2-6-13(11)16-14/h1-2,4,6-8,12H,3,5,9-10H2. The monoisotopic (exact) mass is 290 g/mol. The highest BCUT2D eigenvalue weighted by atomic mass is 79.9. The Morgan fingerprint density at radius 1 is 1.18 bits per heavy atom. The number of rotatable bonds is 1. The molecule has 0 amide bonds. The second kappa shape index (κ2) is 4.65. The molecule has 1 unspecified atom stereocenters. The van der Waals surface area contributed by atoms with Crippen molar-refractivity contribution in [2.75, 3.05) is 18.0 Å². The Morgan fingerprint density at radius 3 is 2.94 bits per heavy atom. The summed E-state index contributed by atoms with van der Waals surface area (Å²) in [7, 11) is 0. The van der Waals surface area contributed by atoms with E-state index in [4.69, 9.17) is 4.98 Å². The number of hydrogen-bond donors (Lipinski definition) is 0. The minimum Gasteiger partial charge on any atom is -0.355 e. The van der Waals surface area contributed by atoms with Crippen LogP contribution in [0.1, 0.15) is 12.8 Å². The number of aromatic nitrogens is 1. The lowest BCUT2D eigenvalue weighted by Crippen LogP contribution is -2.36. The van der Waals surface area contributed by atoms with Crippen molar-refractivity contribution in [1.82, 2.24) is 4.98 Å². The number of benzene rings is 1. The van der Waals surface area contributed by atoms with Crippen molar-refractivity contribution in [3.8, 4) is 0 Å². The molecule has 0 saturated carbocycles. The largest absolute Gasteiger partial charge is 0.355 e. The van der Waals surface area contributed by atoms with Crippen molar-refractivity contribution in [2.24, 2.45) is 0 Å². The fourth-order valence-electron chi connectivity index (χ4n) is 2.36. The normalized spacial score (nSPS) is 20.8. The van der Waals surface area contributed by atoms with E-state index in [1.54, 1.807) is 0 Å². The Kier molecular flexibility index (Phi) is 3.02. The average Bonchev–Trinajstić information content (AvgIpc) is 2.38. The van der Waals surface area contributed by atoms with Crippen molar-refractivity contribution in [3.05, 3.63) is 36.4 Å². The zero-order valence-corrected chi connectivity index (χ0v) is 11.2. The van der Waals surface area contributed by atoms with E-state index in [1.165, 1.54) is 18.2 Å². The number of anilines is 1. The zero-order chi connectivity index (χ0) is 11.7. The lowest BCUT2D eigenvalue weighted by molar-refractivity contribution is 0.592. The summed E-state index contributed by atoms with van der Waals surface area (Å²) in [4.78, 5) is 7.71. The SMILES string of the molecule is BrC1CCCN(c2ccc3ccccc3n2)C1. The summed E-state index contributed by atoms with van der Waals surface area (Å²) in [5.41, 5.74) is 1.08. The lowest BCUT2D eigenvalue weighted by atomic mass is 10.1. The summed E-state index contributed by atoms with van der Waals surface area (Å²) >= 11 is 3.71. The molecular weight excluding hydrogens is 276 g/mol. The molecule has 1 saturated heterocycles. The lowest BCUT2D eigenvalue weighted by Gasteiger charge is -2.31. The first-order valence-corrected chi connectivity index (χ1v) is 6.99. The van der Waals surface area contributed by atoms with E-state index in [0.717, 1.165) is 24.4 Å². The van der Waals surface area contributed by atoms with Crippen molar-refractivity contribution < 1.29 is 0 Å². The molecule has 0 aliphatic carbocycles. The smallest absolute Gasteiger partial charge is 0.129 e. The number of halogens is 1. The molecule has 3 heteroatoms. The Morgan fingerprint density at radius 2 is 2.06 bits per heavy atom. The van der Waals surface area contributed by atoms with Crippen LogP contribution in [0.25, 0.3) is 10.9 Å². The van der Waals surface area contributed by atoms with Crippen molar-refractivity contribution in [1.29, 1.82) is 0 Å². The average molecular weight is 291 g/mol. The fraction of sp³-hybridized carbons (Fsp3) is 0.357. The summed E-state index contributed by atoms with van der Waals surface area (Å²) in [5.74, 6) is 1.10. The Bertz CT molecular complexity index is 526. The van der Waals surface area contributed by atoms with Gasteiger partial charge in [0.15, 0.2) is 0 Å². The Hall–Kier alpha value is -1.09. The first-order valence-electron chi connectivity index (χ1n) is 6.08. The van der Waals surface area contributed by atoms with Crippen LogP contribution in [0.2, 0.25) is 0 Å². The molecule has 1 aliphatic rings. The van der Waals surface area contributed by atoms with Crippen LogP contribution in [0.3, 0.4) is 0 Å². The van der Waals surface area contributed by atoms with Crippen molar-refractivity contribution in [2.45, 2.75) is 17.7 Å². The molecule has 1 aromatic heterocycles. The highest BCUT2D eigenvalue weighted by Crippen LogP contribution is 2.23. The molecule has 1 fully saturated rings. The zero-order valence-electron chi connectivity index (χ0n) is 9.64. The van der Waals surface area contributed by atoms with Gasteiger partial charge in [-0.1, -0.05) is 34.1 Å². The van der Waals surface area contributed by atoms with Crippen LogP contribution >= 0.6 is 15.9 Å². The third-order valence-corrected chi connectivity index (χ3v) is 4.02. The molecule has 88 valence electrons. The third-order valence-electron chi connectivity index (χ3n) is 3.27. The summed E-state index contributed by atoms with van der Waals surface area (Å²) in [5, 5.41) is 1.21. The highest BCUT2D eigenvalue weighted by molar-refractivity contribution is 9.09. The molecule has 3 rings (SSSR count). The maximum absolute atomic E-state index is 4.74. The molecule has 2 heterocycles. The maximum Gasteiger partial charge on any atom is 0.129 e. The van der Waals surface area contributed by atoms with Crippen LogP contribution in [0.5, 0.6) is 0 Å². The quantitative estimate of drug-likeness (QED) is 0.746. The van der Waals surface area contributed by atoms with E-state index in [2.05, 4.69) is 51.2 Å². The number of hydrogen-bond acceptors (Lipinski definition) is 2. The van der Waals surface area contributed by atoms with Gasteiger partial charge in [-0.2, -0.15) is 0 Å². The molecule has 2 aromatic rings. The van der Waals surface area contributed by atoms with E-state index in [9.17, 15) is 0 Å². The molecule has 0 radical (unpaired) electrons. The minimum absolute atomic E-state index is 0.601. The van der Waals surface area contributed by atoms with E-state index in [-0.39, 0.29) is 0 Å². The molecule has 1 atom stereocenters. The van der Waals surface area contributed by atoms with Gasteiger partial charge < -0.3 is 4.90 Å². The van der Waals surface area contributed by atoms with Gasteiger partial charge in [0.1, 0.15) is 5.82 Å². The van der Waals surface area contributed by atoms with Crippen molar-refractivity contribution >= 4 is 32.7 Å². The van der Waals surface area contributed by atoms with E-state index in [0.29, 0.717) is 4.83 Å². The second-order valence-corrected chi connectivity index (χ2v) is 5.84. The first-order chi connectivity index (χ1) is 8.33. The van der Waals surface area contributed by atoms with Gasteiger partial charge in [0.25, 0.3) is 0 Å². The molecule has 17 heavy (non-hydrogen) atoms. The van der Waals surface area contributed by atoms with E-state index in [1.807, 2.05) is 6.07 Å². The molecule has 1 aliphatic heterocycles. The number of fused-ring (bicyclic) bond motifs is 1. The van der Waals surface area contributed by atoms with Crippen LogP contribution < -0.4 is 4.90 Å². The van der Waals surface area contributed by atoms with Gasteiger partial charge in [-0.15, -0.1) is 0 Å². The van der Waals surface area contributed by atoms with Crippen LogP contribution in [0, 0.1) is 0 Å². The van der Waals surface area contributed by atoms with Crippen molar-refractivity contribution in [3.63, 3.8) is 0 Å². The van der Waals surface area contributed by atoms with Gasteiger partial charge in [0.2, 0.25) is 0 Å². The van der Waals surface area contributed by atoms with Crippen LogP contribution in [0.4, 0.5) is 5.82 Å². The molecule has 0 bridgehead atoms. The number of pyridine rings is 1. The van der Waals surface area contributed by atoms with Gasteiger partial charge >= 0.3 is 0 Å². The number of para-hydroxylation sites is 1. The number of piperidine rings is 1. The van der Waals surface area contributed by atoms with Crippen LogP contribution in [-0.2, 0) is 0 Å². The summed E-state index contributed by atoms with van der Waals surface area (Å²) in [6.45, 7) is 2.18. The maximum atomic E-state index is 4.74. The predicted octanol–water partition coefficient (Wildman–Crippen LogP) is 3.60. The first kappa shape index (κ1) is 11.0. The third kappa shape index (κ3) is 2.29. The van der Waals surface area contributed by atoms with Gasteiger partial charge in [0.05, 0.1) is 5.52 Å². The predicted molar refractivity (Wildman–Crippen MR) is 75.9 cm³/mol. The second-order valence-electron chi connectivity index (χ2n) is 4.55. The summed E-state index contributed by atoms with van der Waals surface area (Å²) < 4.78 is 0. The van der Waals surface area contributed by atoms with Gasteiger partial charge in [-0.3, -0.25) is 0 Å². The molecule has 2 nitrogen and oxygen atoms in total. The summed E-state index contributed by atoms with van der Waals surface area (Å²) in [6, 6.07) is 12.6. The molecular formula is C14H15BrN2. The Labute approximate surface area is 110 Å². The number of nitrogens with zero attached hydrogens (tertiary/aromatic N) is 2. The summed E-state index contributed by atoms with van der Waals surface area (Å²) in [6.07, 6.45) is 2.51. The minimum atomic E-state index is 0.601. The van der Waals surface area contributed by atoms with Crippen LogP contribution in [-0.4, -0.2) is 22.9 Å². The number of alkyl halides is 1. The van der Waals surface area contributed by atoms with Gasteiger partial charge in [-0.25, -0.2) is 4.98 Å². The van der Waals surface area contributed by atoms with Gasteiger partial charge in [0, 0.05) is 23.3 Å². The topological polar surface area (TPSA) is 16.1 Å². The fourth-order valence-corrected chi connectivity index (χ4v) is 3.04.